The third-order valence-corrected chi connectivity index (χ3v) is 6.36. The van der Waals surface area contributed by atoms with Gasteiger partial charge in [0.2, 0.25) is 0 Å². The molecule has 0 aliphatic carbocycles. The molecule has 0 radical (unpaired) electrons. The number of benzene rings is 3. The zero-order chi connectivity index (χ0) is 21.6. The SMILES string of the molecule is COc1ccccc1N(CC(O)COc1ccc(Cl)cc1)S(=O)(=O)c1ccccc1. The van der Waals surface area contributed by atoms with E-state index >= 15 is 0 Å². The Labute approximate surface area is 181 Å². The van der Waals surface area contributed by atoms with Gasteiger partial charge in [-0.25, -0.2) is 8.42 Å². The van der Waals surface area contributed by atoms with Gasteiger partial charge in [-0.2, -0.15) is 0 Å². The molecule has 0 aromatic heterocycles. The monoisotopic (exact) mass is 447 g/mol. The fourth-order valence-corrected chi connectivity index (χ4v) is 4.51. The summed E-state index contributed by atoms with van der Waals surface area (Å²) in [6, 6.07) is 21.5. The van der Waals surface area contributed by atoms with E-state index in [1.165, 1.54) is 19.2 Å². The van der Waals surface area contributed by atoms with Crippen LogP contribution in [-0.4, -0.2) is 39.9 Å². The molecule has 1 atom stereocenters. The van der Waals surface area contributed by atoms with Crippen molar-refractivity contribution in [2.45, 2.75) is 11.0 Å². The minimum Gasteiger partial charge on any atom is -0.495 e. The van der Waals surface area contributed by atoms with Crippen LogP contribution in [0.5, 0.6) is 11.5 Å². The van der Waals surface area contributed by atoms with Crippen molar-refractivity contribution in [1.29, 1.82) is 0 Å². The van der Waals surface area contributed by atoms with E-state index in [-0.39, 0.29) is 18.0 Å². The number of rotatable bonds is 9. The predicted octanol–water partition coefficient (Wildman–Crippen LogP) is 3.98. The number of methoxy groups -OCH3 is 1. The van der Waals surface area contributed by atoms with E-state index in [0.717, 1.165) is 4.31 Å². The molecule has 3 rings (SSSR count). The minimum absolute atomic E-state index is 0.0996. The highest BCUT2D eigenvalue weighted by Crippen LogP contribution is 2.32. The van der Waals surface area contributed by atoms with E-state index in [2.05, 4.69) is 0 Å². The molecule has 1 N–H and O–H groups in total. The summed E-state index contributed by atoms with van der Waals surface area (Å²) in [6.45, 7) is -0.317. The Balaban J connectivity index is 1.87. The first kappa shape index (κ1) is 22.0. The third-order valence-electron chi connectivity index (χ3n) is 4.32. The average molecular weight is 448 g/mol. The van der Waals surface area contributed by atoms with Crippen molar-refractivity contribution < 1.29 is 23.0 Å². The summed E-state index contributed by atoms with van der Waals surface area (Å²) in [6.07, 6.45) is -1.09. The van der Waals surface area contributed by atoms with Crippen LogP contribution in [0.2, 0.25) is 5.02 Å². The average Bonchev–Trinajstić information content (AvgIpc) is 2.77. The first-order chi connectivity index (χ1) is 14.4. The first-order valence-corrected chi connectivity index (χ1v) is 11.0. The second-order valence-electron chi connectivity index (χ2n) is 6.44. The number of sulfonamides is 1. The van der Waals surface area contributed by atoms with Gasteiger partial charge in [0.15, 0.2) is 0 Å². The number of hydrogen-bond acceptors (Lipinski definition) is 5. The summed E-state index contributed by atoms with van der Waals surface area (Å²) < 4.78 is 38.8. The van der Waals surface area contributed by atoms with Crippen LogP contribution in [0.15, 0.2) is 83.8 Å². The molecule has 0 fully saturated rings. The third kappa shape index (κ3) is 5.24. The Hall–Kier alpha value is -2.74. The molecule has 8 heteroatoms. The van der Waals surface area contributed by atoms with Crippen molar-refractivity contribution in [2.75, 3.05) is 24.6 Å². The molecule has 30 heavy (non-hydrogen) atoms. The van der Waals surface area contributed by atoms with E-state index < -0.39 is 16.1 Å². The maximum absolute atomic E-state index is 13.4. The number of para-hydroxylation sites is 2. The molecule has 0 amide bonds. The zero-order valence-corrected chi connectivity index (χ0v) is 17.9. The standard InChI is InChI=1S/C22H22ClNO5S/c1-28-22-10-6-5-9-21(22)24(30(26,27)20-7-3-2-4-8-20)15-18(25)16-29-19-13-11-17(23)12-14-19/h2-14,18,25H,15-16H2,1H3. The fraction of sp³-hybridized carbons (Fsp3) is 0.182. The highest BCUT2D eigenvalue weighted by atomic mass is 35.5. The van der Waals surface area contributed by atoms with E-state index in [4.69, 9.17) is 21.1 Å². The van der Waals surface area contributed by atoms with Gasteiger partial charge >= 0.3 is 0 Å². The van der Waals surface area contributed by atoms with Crippen LogP contribution >= 0.6 is 11.6 Å². The summed E-state index contributed by atoms with van der Waals surface area (Å²) in [5.41, 5.74) is 0.328. The predicted molar refractivity (Wildman–Crippen MR) is 117 cm³/mol. The molecule has 0 bridgehead atoms. The lowest BCUT2D eigenvalue weighted by Crippen LogP contribution is -2.40. The van der Waals surface area contributed by atoms with Crippen molar-refractivity contribution in [3.63, 3.8) is 0 Å². The van der Waals surface area contributed by atoms with Gasteiger partial charge in [0.05, 0.1) is 24.2 Å². The Morgan fingerprint density at radius 3 is 2.27 bits per heavy atom. The van der Waals surface area contributed by atoms with Crippen LogP contribution in [0.4, 0.5) is 5.69 Å². The van der Waals surface area contributed by atoms with Crippen LogP contribution in [-0.2, 0) is 10.0 Å². The molecule has 6 nitrogen and oxygen atoms in total. The first-order valence-electron chi connectivity index (χ1n) is 9.19. The lowest BCUT2D eigenvalue weighted by molar-refractivity contribution is 0.115. The van der Waals surface area contributed by atoms with Crippen LogP contribution in [0.3, 0.4) is 0 Å². The lowest BCUT2D eigenvalue weighted by Gasteiger charge is -2.28. The van der Waals surface area contributed by atoms with Gasteiger partial charge in [0.1, 0.15) is 24.2 Å². The van der Waals surface area contributed by atoms with Gasteiger partial charge in [-0.1, -0.05) is 41.9 Å². The molecule has 0 aliphatic heterocycles. The van der Waals surface area contributed by atoms with Crippen molar-refractivity contribution in [3.05, 3.63) is 83.9 Å². The van der Waals surface area contributed by atoms with E-state index in [9.17, 15) is 13.5 Å². The summed E-state index contributed by atoms with van der Waals surface area (Å²) >= 11 is 5.86. The van der Waals surface area contributed by atoms with Gasteiger partial charge in [-0.3, -0.25) is 4.31 Å². The second kappa shape index (κ2) is 9.84. The molecular weight excluding hydrogens is 426 g/mol. The lowest BCUT2D eigenvalue weighted by atomic mass is 10.2. The highest BCUT2D eigenvalue weighted by Gasteiger charge is 2.29. The van der Waals surface area contributed by atoms with Crippen molar-refractivity contribution in [3.8, 4) is 11.5 Å². The normalized spacial score (nSPS) is 12.2. The number of aliphatic hydroxyl groups excluding tert-OH is 1. The Morgan fingerprint density at radius 2 is 1.60 bits per heavy atom. The topological polar surface area (TPSA) is 76.1 Å². The van der Waals surface area contributed by atoms with Gasteiger partial charge in [-0.05, 0) is 48.5 Å². The number of halogens is 1. The van der Waals surface area contributed by atoms with E-state index in [0.29, 0.717) is 22.2 Å². The quantitative estimate of drug-likeness (QED) is 0.537. The summed E-state index contributed by atoms with van der Waals surface area (Å²) in [5, 5.41) is 11.1. The zero-order valence-electron chi connectivity index (χ0n) is 16.3. The van der Waals surface area contributed by atoms with Crippen LogP contribution in [0, 0.1) is 0 Å². The number of aliphatic hydroxyl groups is 1. The summed E-state index contributed by atoms with van der Waals surface area (Å²) in [7, 11) is -2.49. The molecule has 3 aromatic carbocycles. The van der Waals surface area contributed by atoms with Crippen molar-refractivity contribution >= 4 is 27.3 Å². The van der Waals surface area contributed by atoms with Gasteiger partial charge in [0.25, 0.3) is 10.0 Å². The molecule has 0 spiro atoms. The number of nitrogens with zero attached hydrogens (tertiary/aromatic N) is 1. The van der Waals surface area contributed by atoms with Crippen LogP contribution in [0.25, 0.3) is 0 Å². The van der Waals surface area contributed by atoms with E-state index in [1.807, 2.05) is 0 Å². The molecular formula is C22H22ClNO5S. The molecule has 0 saturated carbocycles. The highest BCUT2D eigenvalue weighted by molar-refractivity contribution is 7.92. The van der Waals surface area contributed by atoms with Crippen LogP contribution in [0.1, 0.15) is 0 Å². The minimum atomic E-state index is -3.95. The molecule has 0 aliphatic rings. The van der Waals surface area contributed by atoms with Gasteiger partial charge in [0, 0.05) is 5.02 Å². The number of hydrogen-bond donors (Lipinski definition) is 1. The smallest absolute Gasteiger partial charge is 0.264 e. The largest absolute Gasteiger partial charge is 0.495 e. The number of anilines is 1. The summed E-state index contributed by atoms with van der Waals surface area (Å²) in [4.78, 5) is 0.113. The second-order valence-corrected chi connectivity index (χ2v) is 8.74. The van der Waals surface area contributed by atoms with Gasteiger partial charge in [-0.15, -0.1) is 0 Å². The summed E-state index contributed by atoms with van der Waals surface area (Å²) in [5.74, 6) is 0.899. The molecule has 158 valence electrons. The maximum atomic E-state index is 13.4. The van der Waals surface area contributed by atoms with Crippen LogP contribution < -0.4 is 13.8 Å². The molecule has 1 unspecified atom stereocenters. The molecule has 0 saturated heterocycles. The van der Waals surface area contributed by atoms with Crippen molar-refractivity contribution in [1.82, 2.24) is 0 Å². The molecule has 3 aromatic rings. The Morgan fingerprint density at radius 1 is 0.967 bits per heavy atom. The Bertz CT molecular complexity index is 1060. The Kier molecular flexibility index (Phi) is 7.20. The van der Waals surface area contributed by atoms with E-state index in [1.54, 1.807) is 66.7 Å². The number of ether oxygens (including phenoxy) is 2. The maximum Gasteiger partial charge on any atom is 0.264 e. The molecule has 0 heterocycles. The van der Waals surface area contributed by atoms with Gasteiger partial charge < -0.3 is 14.6 Å². The fourth-order valence-electron chi connectivity index (χ4n) is 2.85. The van der Waals surface area contributed by atoms with Crippen molar-refractivity contribution in [2.24, 2.45) is 0 Å².